The second-order valence-electron chi connectivity index (χ2n) is 3.36. The third-order valence-electron chi connectivity index (χ3n) is 2.08. The molecule has 0 rings (SSSR count). The van der Waals surface area contributed by atoms with E-state index in [1.165, 1.54) is 5.57 Å². The van der Waals surface area contributed by atoms with Crippen molar-refractivity contribution in [1.82, 2.24) is 0 Å². The van der Waals surface area contributed by atoms with Crippen LogP contribution in [0.15, 0.2) is 11.6 Å². The Morgan fingerprint density at radius 1 is 1.42 bits per heavy atom. The molecule has 0 bridgehead atoms. The monoisotopic (exact) mass is 172 g/mol. The number of rotatable bonds is 6. The zero-order chi connectivity index (χ0) is 9.40. The van der Waals surface area contributed by atoms with Gasteiger partial charge in [-0.1, -0.05) is 25.5 Å². The summed E-state index contributed by atoms with van der Waals surface area (Å²) in [5, 5.41) is 0. The summed E-state index contributed by atoms with van der Waals surface area (Å²) in [5.74, 6) is 0. The molecule has 0 heterocycles. The molecule has 0 amide bonds. The lowest BCUT2D eigenvalue weighted by Crippen LogP contribution is -1.96. The third kappa shape index (κ3) is 6.38. The molecule has 0 aliphatic rings. The summed E-state index contributed by atoms with van der Waals surface area (Å²) < 4.78 is 12.7. The Morgan fingerprint density at radius 3 is 2.58 bits per heavy atom. The van der Waals surface area contributed by atoms with Crippen LogP contribution in [0.4, 0.5) is 4.39 Å². The van der Waals surface area contributed by atoms with Gasteiger partial charge in [-0.3, -0.25) is 0 Å². The van der Waals surface area contributed by atoms with E-state index in [1.807, 2.05) is 6.92 Å². The molecule has 0 aromatic rings. The maximum atomic E-state index is 12.7. The second kappa shape index (κ2) is 7.33. The van der Waals surface area contributed by atoms with Crippen molar-refractivity contribution in [3.63, 3.8) is 0 Å². The third-order valence-corrected chi connectivity index (χ3v) is 2.08. The van der Waals surface area contributed by atoms with E-state index in [4.69, 9.17) is 0 Å². The van der Waals surface area contributed by atoms with Crippen LogP contribution < -0.4 is 0 Å². The number of hydrogen-bond acceptors (Lipinski definition) is 0. The van der Waals surface area contributed by atoms with E-state index in [2.05, 4.69) is 19.9 Å². The Balaban J connectivity index is 3.36. The molecule has 1 heteroatoms. The first-order valence-electron chi connectivity index (χ1n) is 5.00. The highest BCUT2D eigenvalue weighted by molar-refractivity contribution is 4.96. The van der Waals surface area contributed by atoms with E-state index in [9.17, 15) is 4.39 Å². The van der Waals surface area contributed by atoms with Crippen molar-refractivity contribution in [1.29, 1.82) is 0 Å². The van der Waals surface area contributed by atoms with Gasteiger partial charge in [-0.05, 0) is 39.0 Å². The lowest BCUT2D eigenvalue weighted by Gasteiger charge is -2.04. The van der Waals surface area contributed by atoms with E-state index in [1.54, 1.807) is 0 Å². The molecule has 0 saturated heterocycles. The van der Waals surface area contributed by atoms with E-state index in [0.717, 1.165) is 25.7 Å². The molecule has 72 valence electrons. The maximum Gasteiger partial charge on any atom is 0.0999 e. The lowest BCUT2D eigenvalue weighted by atomic mass is 10.1. The Hall–Kier alpha value is -0.330. The fraction of sp³-hybridized carbons (Fsp3) is 0.818. The van der Waals surface area contributed by atoms with Crippen LogP contribution in [0.1, 0.15) is 52.9 Å². The highest BCUT2D eigenvalue weighted by Gasteiger charge is 2.01. The number of allylic oxidation sites excluding steroid dienone is 2. The molecule has 0 aliphatic heterocycles. The van der Waals surface area contributed by atoms with E-state index < -0.39 is 6.17 Å². The Kier molecular flexibility index (Phi) is 7.12. The molecule has 0 aromatic carbocycles. The molecule has 0 N–H and O–H groups in total. The molecular formula is C11H21F. The Labute approximate surface area is 75.9 Å². The van der Waals surface area contributed by atoms with E-state index >= 15 is 0 Å². The molecule has 12 heavy (non-hydrogen) atoms. The maximum absolute atomic E-state index is 12.7. The fourth-order valence-corrected chi connectivity index (χ4v) is 1.26. The first-order valence-corrected chi connectivity index (χ1v) is 5.00. The summed E-state index contributed by atoms with van der Waals surface area (Å²) in [5.41, 5.74) is 1.40. The highest BCUT2D eigenvalue weighted by Crippen LogP contribution is 2.12. The van der Waals surface area contributed by atoms with Crippen LogP contribution in [0.2, 0.25) is 0 Å². The second-order valence-corrected chi connectivity index (χ2v) is 3.36. The minimum absolute atomic E-state index is 0.584. The first-order chi connectivity index (χ1) is 5.70. The van der Waals surface area contributed by atoms with Crippen molar-refractivity contribution >= 4 is 0 Å². The van der Waals surface area contributed by atoms with Gasteiger partial charge in [0.15, 0.2) is 0 Å². The molecule has 0 fully saturated rings. The summed E-state index contributed by atoms with van der Waals surface area (Å²) in [6.07, 6.45) is 6.19. The van der Waals surface area contributed by atoms with Crippen molar-refractivity contribution in [3.8, 4) is 0 Å². The molecule has 0 aromatic heterocycles. The largest absolute Gasteiger partial charge is 0.248 e. The van der Waals surface area contributed by atoms with Gasteiger partial charge < -0.3 is 0 Å². The van der Waals surface area contributed by atoms with Gasteiger partial charge in [0.25, 0.3) is 0 Å². The predicted molar refractivity (Wildman–Crippen MR) is 53.1 cm³/mol. The first kappa shape index (κ1) is 11.7. The normalized spacial score (nSPS) is 14.8. The molecule has 0 saturated carbocycles. The SMILES string of the molecule is CC/C=C(/C)CCC[C@@H](F)CC. The molecule has 0 spiro atoms. The smallest absolute Gasteiger partial charge is 0.0999 e. The Morgan fingerprint density at radius 2 is 2.08 bits per heavy atom. The van der Waals surface area contributed by atoms with Crippen molar-refractivity contribution in [2.24, 2.45) is 0 Å². The standard InChI is InChI=1S/C11H21F/c1-4-7-10(3)8-6-9-11(12)5-2/h7,11H,4-6,8-9H2,1-3H3/b10-7-/t11-/m0/s1. The average molecular weight is 172 g/mol. The molecular weight excluding hydrogens is 151 g/mol. The van der Waals surface area contributed by atoms with Crippen molar-refractivity contribution in [2.75, 3.05) is 0 Å². The van der Waals surface area contributed by atoms with Gasteiger partial charge in [0, 0.05) is 0 Å². The van der Waals surface area contributed by atoms with E-state index in [-0.39, 0.29) is 0 Å². The van der Waals surface area contributed by atoms with Gasteiger partial charge in [-0.15, -0.1) is 0 Å². The average Bonchev–Trinajstić information content (AvgIpc) is 2.04. The van der Waals surface area contributed by atoms with Crippen LogP contribution in [-0.2, 0) is 0 Å². The lowest BCUT2D eigenvalue weighted by molar-refractivity contribution is 0.300. The molecule has 0 radical (unpaired) electrons. The van der Waals surface area contributed by atoms with Crippen LogP contribution in [0.3, 0.4) is 0 Å². The fourth-order valence-electron chi connectivity index (χ4n) is 1.26. The van der Waals surface area contributed by atoms with Gasteiger partial charge in [0.2, 0.25) is 0 Å². The summed E-state index contributed by atoms with van der Waals surface area (Å²) in [7, 11) is 0. The summed E-state index contributed by atoms with van der Waals surface area (Å²) >= 11 is 0. The highest BCUT2D eigenvalue weighted by atomic mass is 19.1. The predicted octanol–water partition coefficient (Wildman–Crippen LogP) is 4.26. The van der Waals surface area contributed by atoms with Gasteiger partial charge in [0.1, 0.15) is 0 Å². The summed E-state index contributed by atoms with van der Waals surface area (Å²) in [6.45, 7) is 6.16. The quantitative estimate of drug-likeness (QED) is 0.525. The van der Waals surface area contributed by atoms with Crippen LogP contribution in [0, 0.1) is 0 Å². The molecule has 0 aliphatic carbocycles. The summed E-state index contributed by atoms with van der Waals surface area (Å²) in [6, 6.07) is 0. The minimum Gasteiger partial charge on any atom is -0.248 e. The summed E-state index contributed by atoms with van der Waals surface area (Å²) in [4.78, 5) is 0. The van der Waals surface area contributed by atoms with E-state index in [0.29, 0.717) is 6.42 Å². The van der Waals surface area contributed by atoms with Crippen molar-refractivity contribution in [2.45, 2.75) is 59.0 Å². The van der Waals surface area contributed by atoms with Crippen LogP contribution in [0.25, 0.3) is 0 Å². The number of alkyl halides is 1. The van der Waals surface area contributed by atoms with Gasteiger partial charge in [-0.2, -0.15) is 0 Å². The van der Waals surface area contributed by atoms with Gasteiger partial charge >= 0.3 is 0 Å². The number of hydrogen-bond donors (Lipinski definition) is 0. The van der Waals surface area contributed by atoms with Gasteiger partial charge in [-0.25, -0.2) is 4.39 Å². The topological polar surface area (TPSA) is 0 Å². The number of halogens is 1. The Bertz CT molecular complexity index is 127. The molecule has 0 unspecified atom stereocenters. The van der Waals surface area contributed by atoms with Crippen molar-refractivity contribution < 1.29 is 4.39 Å². The van der Waals surface area contributed by atoms with Crippen LogP contribution in [-0.4, -0.2) is 6.17 Å². The van der Waals surface area contributed by atoms with Gasteiger partial charge in [0.05, 0.1) is 6.17 Å². The van der Waals surface area contributed by atoms with Crippen LogP contribution >= 0.6 is 0 Å². The molecule has 0 nitrogen and oxygen atoms in total. The minimum atomic E-state index is -0.584. The zero-order valence-corrected chi connectivity index (χ0v) is 8.57. The molecule has 1 atom stereocenters. The van der Waals surface area contributed by atoms with Crippen molar-refractivity contribution in [3.05, 3.63) is 11.6 Å². The zero-order valence-electron chi connectivity index (χ0n) is 8.57. The van der Waals surface area contributed by atoms with Crippen LogP contribution in [0.5, 0.6) is 0 Å².